The molecule has 1 aromatic carbocycles. The van der Waals surface area contributed by atoms with Crippen LogP contribution < -0.4 is 5.32 Å². The Balaban J connectivity index is 1.95. The van der Waals surface area contributed by atoms with Crippen molar-refractivity contribution in [2.24, 2.45) is 11.8 Å². The van der Waals surface area contributed by atoms with E-state index in [1.165, 1.54) is 0 Å². The van der Waals surface area contributed by atoms with E-state index in [-0.39, 0.29) is 18.6 Å². The fourth-order valence-corrected chi connectivity index (χ4v) is 2.94. The van der Waals surface area contributed by atoms with E-state index in [1.54, 1.807) is 0 Å². The first-order chi connectivity index (χ1) is 10.1. The zero-order chi connectivity index (χ0) is 15.2. The van der Waals surface area contributed by atoms with Crippen molar-refractivity contribution in [3.8, 4) is 0 Å². The normalized spacial score (nSPS) is 22.7. The summed E-state index contributed by atoms with van der Waals surface area (Å²) in [6.07, 6.45) is 2.45. The quantitative estimate of drug-likeness (QED) is 0.735. The Morgan fingerprint density at radius 3 is 2.48 bits per heavy atom. The van der Waals surface area contributed by atoms with Gasteiger partial charge in [0.25, 0.3) is 0 Å². The number of hydrogen-bond donors (Lipinski definition) is 3. The molecule has 114 valence electrons. The first kappa shape index (κ1) is 15.5. The van der Waals surface area contributed by atoms with E-state index in [2.05, 4.69) is 5.32 Å². The van der Waals surface area contributed by atoms with Gasteiger partial charge in [0.2, 0.25) is 5.91 Å². The smallest absolute Gasteiger partial charge is 0.307 e. The lowest BCUT2D eigenvalue weighted by Crippen LogP contribution is -2.44. The van der Waals surface area contributed by atoms with Crippen molar-refractivity contribution < 1.29 is 19.8 Å². The SMILES string of the molecule is O=C(O)C1CCCC1C(=O)NC(CO)Cc1ccccc1. The summed E-state index contributed by atoms with van der Waals surface area (Å²) < 4.78 is 0. The summed E-state index contributed by atoms with van der Waals surface area (Å²) in [7, 11) is 0. The number of aliphatic hydroxyl groups excluding tert-OH is 1. The Hall–Kier alpha value is -1.88. The number of hydrogen-bond acceptors (Lipinski definition) is 3. The molecule has 0 aromatic heterocycles. The van der Waals surface area contributed by atoms with Gasteiger partial charge in [-0.3, -0.25) is 9.59 Å². The van der Waals surface area contributed by atoms with E-state index < -0.39 is 17.8 Å². The molecule has 1 amide bonds. The van der Waals surface area contributed by atoms with Crippen molar-refractivity contribution in [3.63, 3.8) is 0 Å². The van der Waals surface area contributed by atoms with Crippen LogP contribution in [0.5, 0.6) is 0 Å². The molecule has 21 heavy (non-hydrogen) atoms. The van der Waals surface area contributed by atoms with E-state index in [9.17, 15) is 14.7 Å². The van der Waals surface area contributed by atoms with Crippen LogP contribution in [0.15, 0.2) is 30.3 Å². The maximum absolute atomic E-state index is 12.2. The van der Waals surface area contributed by atoms with Gasteiger partial charge < -0.3 is 15.5 Å². The van der Waals surface area contributed by atoms with Crippen LogP contribution in [0.25, 0.3) is 0 Å². The number of carboxylic acids is 1. The Bertz CT molecular complexity index is 488. The minimum Gasteiger partial charge on any atom is -0.481 e. The van der Waals surface area contributed by atoms with Crippen LogP contribution in [0.1, 0.15) is 24.8 Å². The molecular weight excluding hydrogens is 270 g/mol. The Morgan fingerprint density at radius 2 is 1.86 bits per heavy atom. The third kappa shape index (κ3) is 4.04. The molecule has 0 radical (unpaired) electrons. The lowest BCUT2D eigenvalue weighted by atomic mass is 9.94. The van der Waals surface area contributed by atoms with Crippen LogP contribution >= 0.6 is 0 Å². The highest BCUT2D eigenvalue weighted by molar-refractivity contribution is 5.85. The third-order valence-corrected chi connectivity index (χ3v) is 4.06. The lowest BCUT2D eigenvalue weighted by molar-refractivity contribution is -0.146. The van der Waals surface area contributed by atoms with Gasteiger partial charge >= 0.3 is 5.97 Å². The molecule has 0 saturated heterocycles. The van der Waals surface area contributed by atoms with Gasteiger partial charge in [0.05, 0.1) is 24.5 Å². The van der Waals surface area contributed by atoms with Crippen molar-refractivity contribution in [1.82, 2.24) is 5.32 Å². The predicted octanol–water partition coefficient (Wildman–Crippen LogP) is 1.21. The Kier molecular flexibility index (Phi) is 5.33. The van der Waals surface area contributed by atoms with E-state index in [0.29, 0.717) is 19.3 Å². The van der Waals surface area contributed by atoms with Crippen molar-refractivity contribution in [2.75, 3.05) is 6.61 Å². The van der Waals surface area contributed by atoms with E-state index >= 15 is 0 Å². The summed E-state index contributed by atoms with van der Waals surface area (Å²) in [6.45, 7) is -0.162. The summed E-state index contributed by atoms with van der Waals surface area (Å²) in [5, 5.41) is 21.3. The van der Waals surface area contributed by atoms with Crippen molar-refractivity contribution >= 4 is 11.9 Å². The predicted molar refractivity (Wildman–Crippen MR) is 77.6 cm³/mol. The Labute approximate surface area is 124 Å². The number of carboxylic acid groups (broad SMARTS) is 1. The second kappa shape index (κ2) is 7.22. The number of rotatable bonds is 6. The molecule has 1 aromatic rings. The zero-order valence-corrected chi connectivity index (χ0v) is 11.9. The third-order valence-electron chi connectivity index (χ3n) is 4.06. The fourth-order valence-electron chi connectivity index (χ4n) is 2.94. The fraction of sp³-hybridized carbons (Fsp3) is 0.500. The highest BCUT2D eigenvalue weighted by Gasteiger charge is 2.38. The van der Waals surface area contributed by atoms with Crippen LogP contribution in [0, 0.1) is 11.8 Å². The number of amides is 1. The zero-order valence-electron chi connectivity index (χ0n) is 11.9. The van der Waals surface area contributed by atoms with Crippen molar-refractivity contribution in [2.45, 2.75) is 31.7 Å². The molecule has 1 aliphatic rings. The molecule has 3 N–H and O–H groups in total. The highest BCUT2D eigenvalue weighted by Crippen LogP contribution is 2.32. The topological polar surface area (TPSA) is 86.6 Å². The molecule has 0 spiro atoms. The number of carbonyl (C=O) groups excluding carboxylic acids is 1. The molecule has 5 heteroatoms. The molecule has 0 heterocycles. The van der Waals surface area contributed by atoms with Crippen molar-refractivity contribution in [1.29, 1.82) is 0 Å². The summed E-state index contributed by atoms with van der Waals surface area (Å²) >= 11 is 0. The van der Waals surface area contributed by atoms with E-state index in [1.807, 2.05) is 30.3 Å². The molecule has 0 bridgehead atoms. The molecule has 1 saturated carbocycles. The van der Waals surface area contributed by atoms with Gasteiger partial charge in [0.15, 0.2) is 0 Å². The van der Waals surface area contributed by atoms with Gasteiger partial charge in [0, 0.05) is 0 Å². The number of nitrogens with one attached hydrogen (secondary N) is 1. The monoisotopic (exact) mass is 291 g/mol. The summed E-state index contributed by atoms with van der Waals surface area (Å²) in [6, 6.07) is 9.21. The molecule has 1 fully saturated rings. The van der Waals surface area contributed by atoms with Crippen molar-refractivity contribution in [3.05, 3.63) is 35.9 Å². The van der Waals surface area contributed by atoms with Gasteiger partial charge in [-0.2, -0.15) is 0 Å². The van der Waals surface area contributed by atoms with Crippen LogP contribution in [0.2, 0.25) is 0 Å². The number of carbonyl (C=O) groups is 2. The number of aliphatic hydroxyl groups is 1. The molecular formula is C16H21NO4. The summed E-state index contributed by atoms with van der Waals surface area (Å²) in [4.78, 5) is 23.4. The molecule has 5 nitrogen and oxygen atoms in total. The van der Waals surface area contributed by atoms with Crippen LogP contribution in [-0.4, -0.2) is 34.7 Å². The lowest BCUT2D eigenvalue weighted by Gasteiger charge is -2.21. The average molecular weight is 291 g/mol. The molecule has 0 aliphatic heterocycles. The van der Waals surface area contributed by atoms with Gasteiger partial charge in [-0.1, -0.05) is 36.8 Å². The average Bonchev–Trinajstić information content (AvgIpc) is 2.97. The molecule has 3 atom stereocenters. The van der Waals surface area contributed by atoms with Gasteiger partial charge in [-0.05, 0) is 24.8 Å². The van der Waals surface area contributed by atoms with Gasteiger partial charge in [-0.15, -0.1) is 0 Å². The standard InChI is InChI=1S/C16H21NO4/c18-10-12(9-11-5-2-1-3-6-11)17-15(19)13-7-4-8-14(13)16(20)21/h1-3,5-6,12-14,18H,4,7-10H2,(H,17,19)(H,20,21). The first-order valence-corrected chi connectivity index (χ1v) is 7.29. The second-order valence-electron chi connectivity index (χ2n) is 5.56. The highest BCUT2D eigenvalue weighted by atomic mass is 16.4. The largest absolute Gasteiger partial charge is 0.481 e. The number of benzene rings is 1. The Morgan fingerprint density at radius 1 is 1.19 bits per heavy atom. The molecule has 2 rings (SSSR count). The van der Waals surface area contributed by atoms with Gasteiger partial charge in [-0.25, -0.2) is 0 Å². The maximum atomic E-state index is 12.2. The molecule has 1 aliphatic carbocycles. The van der Waals surface area contributed by atoms with Gasteiger partial charge in [0.1, 0.15) is 0 Å². The molecule has 3 unspecified atom stereocenters. The van der Waals surface area contributed by atoms with E-state index in [0.717, 1.165) is 12.0 Å². The minimum atomic E-state index is -0.906. The summed E-state index contributed by atoms with van der Waals surface area (Å²) in [5.41, 5.74) is 1.03. The summed E-state index contributed by atoms with van der Waals surface area (Å²) in [5.74, 6) is -2.24. The first-order valence-electron chi connectivity index (χ1n) is 7.29. The van der Waals surface area contributed by atoms with E-state index in [4.69, 9.17) is 5.11 Å². The second-order valence-corrected chi connectivity index (χ2v) is 5.56. The van der Waals surface area contributed by atoms with Crippen LogP contribution in [0.4, 0.5) is 0 Å². The maximum Gasteiger partial charge on any atom is 0.307 e. The number of aliphatic carboxylic acids is 1. The van der Waals surface area contributed by atoms with Crippen LogP contribution in [-0.2, 0) is 16.0 Å². The van der Waals surface area contributed by atoms with Crippen LogP contribution in [0.3, 0.4) is 0 Å². The minimum absolute atomic E-state index is 0.162.